The zero-order valence-corrected chi connectivity index (χ0v) is 21.3. The molecule has 4 unspecified atom stereocenters. The summed E-state index contributed by atoms with van der Waals surface area (Å²) >= 11 is 0. The van der Waals surface area contributed by atoms with Crippen molar-refractivity contribution in [1.82, 2.24) is 15.5 Å². The van der Waals surface area contributed by atoms with Crippen LogP contribution in [0.1, 0.15) is 66.2 Å². The summed E-state index contributed by atoms with van der Waals surface area (Å²) in [4.78, 5) is 55.9. The molecular formula is C23H43N7O5. The summed E-state index contributed by atoms with van der Waals surface area (Å²) in [6, 6.07) is -3.48. The first-order valence-corrected chi connectivity index (χ1v) is 12.3. The van der Waals surface area contributed by atoms with E-state index in [1.807, 2.05) is 27.7 Å². The van der Waals surface area contributed by atoms with Crippen molar-refractivity contribution in [2.75, 3.05) is 13.1 Å². The molecule has 0 spiro atoms. The zero-order valence-electron chi connectivity index (χ0n) is 21.3. The van der Waals surface area contributed by atoms with Gasteiger partial charge in [-0.15, -0.1) is 0 Å². The minimum absolute atomic E-state index is 0.0887. The van der Waals surface area contributed by atoms with E-state index >= 15 is 0 Å². The molecule has 1 aliphatic heterocycles. The highest BCUT2D eigenvalue weighted by Gasteiger charge is 2.39. The van der Waals surface area contributed by atoms with Crippen molar-refractivity contribution in [2.45, 2.75) is 90.4 Å². The number of likely N-dealkylation sites (tertiary alicyclic amines) is 1. The number of carbonyl (C=O) groups excluding carboxylic acids is 3. The van der Waals surface area contributed by atoms with Crippen molar-refractivity contribution < 1.29 is 24.3 Å². The van der Waals surface area contributed by atoms with E-state index in [2.05, 4.69) is 15.6 Å². The van der Waals surface area contributed by atoms with E-state index in [1.165, 1.54) is 4.90 Å². The van der Waals surface area contributed by atoms with Crippen LogP contribution in [0.5, 0.6) is 0 Å². The van der Waals surface area contributed by atoms with Gasteiger partial charge in [-0.1, -0.05) is 27.7 Å². The van der Waals surface area contributed by atoms with Gasteiger partial charge in [0, 0.05) is 13.1 Å². The lowest BCUT2D eigenvalue weighted by molar-refractivity contribution is -0.145. The Labute approximate surface area is 207 Å². The Morgan fingerprint density at radius 1 is 1.03 bits per heavy atom. The third-order valence-electron chi connectivity index (χ3n) is 5.78. The summed E-state index contributed by atoms with van der Waals surface area (Å²) < 4.78 is 0. The van der Waals surface area contributed by atoms with Crippen LogP contribution in [-0.4, -0.2) is 76.9 Å². The number of carboxylic acid groups (broad SMARTS) is 1. The molecule has 0 bridgehead atoms. The van der Waals surface area contributed by atoms with E-state index in [-0.39, 0.29) is 36.7 Å². The van der Waals surface area contributed by atoms with Crippen molar-refractivity contribution >= 4 is 29.7 Å². The number of hydrogen-bond donors (Lipinski definition) is 6. The maximum Gasteiger partial charge on any atom is 0.326 e. The molecule has 0 aromatic heterocycles. The van der Waals surface area contributed by atoms with E-state index < -0.39 is 42.0 Å². The van der Waals surface area contributed by atoms with Gasteiger partial charge in [-0.3, -0.25) is 19.4 Å². The number of carboxylic acids is 1. The van der Waals surface area contributed by atoms with Gasteiger partial charge >= 0.3 is 5.97 Å². The highest BCUT2D eigenvalue weighted by atomic mass is 16.4. The molecule has 0 aromatic carbocycles. The minimum Gasteiger partial charge on any atom is -0.480 e. The van der Waals surface area contributed by atoms with Crippen molar-refractivity contribution in [3.05, 3.63) is 0 Å². The Bertz CT molecular complexity index is 767. The second kappa shape index (κ2) is 14.5. The molecule has 1 rings (SSSR count). The summed E-state index contributed by atoms with van der Waals surface area (Å²) in [5.74, 6) is -2.22. The smallest absolute Gasteiger partial charge is 0.326 e. The Balaban J connectivity index is 2.89. The fourth-order valence-electron chi connectivity index (χ4n) is 4.12. The lowest BCUT2D eigenvalue weighted by Gasteiger charge is -2.30. The lowest BCUT2D eigenvalue weighted by atomic mass is 10.00. The summed E-state index contributed by atoms with van der Waals surface area (Å²) in [6.45, 7) is 8.39. The second-order valence-corrected chi connectivity index (χ2v) is 9.96. The van der Waals surface area contributed by atoms with Gasteiger partial charge in [-0.2, -0.15) is 0 Å². The average molecular weight is 498 g/mol. The molecular weight excluding hydrogens is 454 g/mol. The van der Waals surface area contributed by atoms with E-state index in [9.17, 15) is 24.3 Å². The number of aliphatic carboxylic acids is 1. The highest BCUT2D eigenvalue weighted by Crippen LogP contribution is 2.21. The van der Waals surface area contributed by atoms with Crippen molar-refractivity contribution in [3.63, 3.8) is 0 Å². The highest BCUT2D eigenvalue weighted by molar-refractivity contribution is 5.94. The van der Waals surface area contributed by atoms with Crippen molar-refractivity contribution in [3.8, 4) is 0 Å². The van der Waals surface area contributed by atoms with Gasteiger partial charge in [-0.05, 0) is 50.4 Å². The summed E-state index contributed by atoms with van der Waals surface area (Å²) in [6.07, 6.45) is 2.39. The van der Waals surface area contributed by atoms with Crippen LogP contribution in [0, 0.1) is 11.8 Å². The van der Waals surface area contributed by atoms with Crippen LogP contribution in [0.3, 0.4) is 0 Å². The first kappa shape index (κ1) is 30.1. The van der Waals surface area contributed by atoms with Crippen LogP contribution in [0.25, 0.3) is 0 Å². The molecule has 1 aliphatic rings. The molecule has 0 saturated carbocycles. The fourth-order valence-corrected chi connectivity index (χ4v) is 4.12. The maximum atomic E-state index is 13.4. The van der Waals surface area contributed by atoms with Gasteiger partial charge < -0.3 is 37.8 Å². The van der Waals surface area contributed by atoms with Gasteiger partial charge in [-0.25, -0.2) is 4.79 Å². The molecule has 3 amide bonds. The fraction of sp³-hybridized carbons (Fsp3) is 0.783. The number of amides is 3. The second-order valence-electron chi connectivity index (χ2n) is 9.96. The molecule has 0 radical (unpaired) electrons. The molecule has 0 aromatic rings. The van der Waals surface area contributed by atoms with Gasteiger partial charge in [0.2, 0.25) is 17.7 Å². The third kappa shape index (κ3) is 10.5. The largest absolute Gasteiger partial charge is 0.480 e. The number of aliphatic imine (C=N–C) groups is 1. The molecule has 12 heteroatoms. The van der Waals surface area contributed by atoms with Crippen LogP contribution in [0.4, 0.5) is 0 Å². The Hall–Kier alpha value is -2.89. The van der Waals surface area contributed by atoms with Gasteiger partial charge in [0.15, 0.2) is 5.96 Å². The third-order valence-corrected chi connectivity index (χ3v) is 5.78. The molecule has 1 heterocycles. The number of guanidine groups is 1. The minimum atomic E-state index is -1.18. The summed E-state index contributed by atoms with van der Waals surface area (Å²) in [5, 5.41) is 14.8. The van der Waals surface area contributed by atoms with Gasteiger partial charge in [0.1, 0.15) is 18.1 Å². The van der Waals surface area contributed by atoms with E-state index in [0.717, 1.165) is 0 Å². The number of nitrogens with zero attached hydrogens (tertiary/aromatic N) is 2. The Morgan fingerprint density at radius 2 is 1.66 bits per heavy atom. The summed E-state index contributed by atoms with van der Waals surface area (Å²) in [5.41, 5.74) is 16.5. The molecule has 1 saturated heterocycles. The zero-order chi connectivity index (χ0) is 26.7. The molecule has 4 atom stereocenters. The maximum absolute atomic E-state index is 13.4. The lowest BCUT2D eigenvalue weighted by Crippen LogP contribution is -2.57. The monoisotopic (exact) mass is 497 g/mol. The van der Waals surface area contributed by atoms with Crippen LogP contribution < -0.4 is 27.8 Å². The normalized spacial score (nSPS) is 18.1. The summed E-state index contributed by atoms with van der Waals surface area (Å²) in [7, 11) is 0. The van der Waals surface area contributed by atoms with Crippen LogP contribution >= 0.6 is 0 Å². The molecule has 35 heavy (non-hydrogen) atoms. The van der Waals surface area contributed by atoms with Gasteiger partial charge in [0.25, 0.3) is 0 Å². The van der Waals surface area contributed by atoms with E-state index in [1.54, 1.807) is 0 Å². The first-order valence-electron chi connectivity index (χ1n) is 12.3. The average Bonchev–Trinajstić information content (AvgIpc) is 3.23. The van der Waals surface area contributed by atoms with Crippen LogP contribution in [-0.2, 0) is 19.2 Å². The molecule has 200 valence electrons. The van der Waals surface area contributed by atoms with E-state index in [4.69, 9.17) is 17.2 Å². The van der Waals surface area contributed by atoms with Crippen molar-refractivity contribution in [1.29, 1.82) is 0 Å². The number of hydrogen-bond acceptors (Lipinski definition) is 6. The van der Waals surface area contributed by atoms with Crippen LogP contribution in [0.15, 0.2) is 4.99 Å². The molecule has 12 nitrogen and oxygen atoms in total. The molecule has 1 fully saturated rings. The predicted molar refractivity (Wildman–Crippen MR) is 133 cm³/mol. The van der Waals surface area contributed by atoms with E-state index in [0.29, 0.717) is 38.6 Å². The molecule has 9 N–H and O–H groups in total. The molecule has 0 aliphatic carbocycles. The van der Waals surface area contributed by atoms with Crippen LogP contribution in [0.2, 0.25) is 0 Å². The topological polar surface area (TPSA) is 206 Å². The number of nitrogens with one attached hydrogen (secondary N) is 2. The predicted octanol–water partition coefficient (Wildman–Crippen LogP) is -0.495. The SMILES string of the molecule is CC(C)CC(N)C(=O)NC(CC(C)C)C(=O)N1CCCC1C(=O)NC(CCCN=C(N)N)C(=O)O. The number of carbonyl (C=O) groups is 4. The Morgan fingerprint density at radius 3 is 2.20 bits per heavy atom. The quantitative estimate of drug-likeness (QED) is 0.104. The Kier molecular flexibility index (Phi) is 12.5. The number of nitrogens with two attached hydrogens (primary N) is 3. The number of rotatable bonds is 14. The van der Waals surface area contributed by atoms with Crippen molar-refractivity contribution in [2.24, 2.45) is 34.0 Å². The van der Waals surface area contributed by atoms with Gasteiger partial charge in [0.05, 0.1) is 6.04 Å². The first-order chi connectivity index (χ1) is 16.3. The standard InChI is InChI=1S/C23H43N7O5/c1-13(2)11-15(24)19(31)29-17(12-14(3)4)21(33)30-10-6-8-18(30)20(32)28-16(22(34)35)7-5-9-27-23(25)26/h13-18H,5-12,24H2,1-4H3,(H,28,32)(H,29,31)(H,34,35)(H4,25,26,27).